The maximum Gasteiger partial charge on any atom is 0.282 e. The molecule has 0 N–H and O–H groups in total. The molecule has 0 aliphatic carbocycles. The summed E-state index contributed by atoms with van der Waals surface area (Å²) in [7, 11) is 0. The molecule has 0 radical (unpaired) electrons. The zero-order chi connectivity index (χ0) is 10.9. The first-order valence-corrected chi connectivity index (χ1v) is 4.97. The molecule has 14 heavy (non-hydrogen) atoms. The molecule has 5 heteroatoms. The van der Waals surface area contributed by atoms with Gasteiger partial charge >= 0.3 is 0 Å². The number of hydrogen-bond acceptors (Lipinski definition) is 3. The van der Waals surface area contributed by atoms with Crippen molar-refractivity contribution in [1.82, 2.24) is 0 Å². The molecule has 0 aromatic heterocycles. The molecule has 1 aromatic rings. The number of halogens is 1. The first-order valence-electron chi connectivity index (χ1n) is 3.89. The SMILES string of the molecule is CC(=O)c1cc(I)c([N+](=O)[O-])cc1C. The molecular formula is C9H8INO3. The Balaban J connectivity index is 3.38. The van der Waals surface area contributed by atoms with Crippen molar-refractivity contribution in [3.63, 3.8) is 0 Å². The lowest BCUT2D eigenvalue weighted by atomic mass is 10.1. The van der Waals surface area contributed by atoms with E-state index in [1.54, 1.807) is 13.0 Å². The molecule has 0 amide bonds. The zero-order valence-corrected chi connectivity index (χ0v) is 9.86. The molecule has 0 aliphatic rings. The number of nitro groups is 1. The van der Waals surface area contributed by atoms with Crippen LogP contribution in [0.5, 0.6) is 0 Å². The second-order valence-corrected chi connectivity index (χ2v) is 4.09. The second kappa shape index (κ2) is 4.04. The molecule has 0 heterocycles. The lowest BCUT2D eigenvalue weighted by Gasteiger charge is -2.03. The number of carbonyl (C=O) groups excluding carboxylic acids is 1. The van der Waals surface area contributed by atoms with Crippen LogP contribution in [-0.4, -0.2) is 10.7 Å². The monoisotopic (exact) mass is 305 g/mol. The van der Waals surface area contributed by atoms with E-state index in [0.717, 1.165) is 0 Å². The van der Waals surface area contributed by atoms with Gasteiger partial charge in [0, 0.05) is 11.6 Å². The Hall–Kier alpha value is -0.980. The maximum absolute atomic E-state index is 11.1. The molecule has 4 nitrogen and oxygen atoms in total. The van der Waals surface area contributed by atoms with Gasteiger partial charge in [0.15, 0.2) is 5.78 Å². The van der Waals surface area contributed by atoms with E-state index in [0.29, 0.717) is 14.7 Å². The third-order valence-electron chi connectivity index (χ3n) is 1.87. The third kappa shape index (κ3) is 2.09. The largest absolute Gasteiger partial charge is 0.295 e. The zero-order valence-electron chi connectivity index (χ0n) is 7.70. The van der Waals surface area contributed by atoms with Crippen LogP contribution in [0.2, 0.25) is 0 Å². The predicted molar refractivity (Wildman–Crippen MR) is 60.6 cm³/mol. The van der Waals surface area contributed by atoms with Crippen molar-refractivity contribution >= 4 is 34.1 Å². The summed E-state index contributed by atoms with van der Waals surface area (Å²) in [4.78, 5) is 21.3. The lowest BCUT2D eigenvalue weighted by molar-refractivity contribution is -0.385. The summed E-state index contributed by atoms with van der Waals surface area (Å²) in [5, 5.41) is 10.6. The fourth-order valence-electron chi connectivity index (χ4n) is 1.19. The smallest absolute Gasteiger partial charge is 0.282 e. The average Bonchev–Trinajstić information content (AvgIpc) is 2.07. The van der Waals surface area contributed by atoms with Gasteiger partial charge in [0.2, 0.25) is 0 Å². The van der Waals surface area contributed by atoms with Gasteiger partial charge in [-0.1, -0.05) is 0 Å². The summed E-state index contributed by atoms with van der Waals surface area (Å²) in [5.41, 5.74) is 1.23. The Kier molecular flexibility index (Phi) is 3.20. The van der Waals surface area contributed by atoms with Crippen LogP contribution in [0, 0.1) is 20.6 Å². The first kappa shape index (κ1) is 11.1. The van der Waals surface area contributed by atoms with Crippen LogP contribution in [0.15, 0.2) is 12.1 Å². The Morgan fingerprint density at radius 2 is 2.07 bits per heavy atom. The van der Waals surface area contributed by atoms with Crippen LogP contribution in [-0.2, 0) is 0 Å². The molecule has 0 aliphatic heterocycles. The Morgan fingerprint density at radius 3 is 2.50 bits per heavy atom. The van der Waals surface area contributed by atoms with E-state index in [4.69, 9.17) is 0 Å². The molecule has 0 saturated carbocycles. The number of nitrogens with zero attached hydrogens (tertiary/aromatic N) is 1. The molecule has 0 bridgehead atoms. The lowest BCUT2D eigenvalue weighted by Crippen LogP contribution is -2.00. The van der Waals surface area contributed by atoms with E-state index in [9.17, 15) is 14.9 Å². The van der Waals surface area contributed by atoms with E-state index in [1.165, 1.54) is 13.0 Å². The van der Waals surface area contributed by atoms with Crippen LogP contribution in [0.3, 0.4) is 0 Å². The third-order valence-corrected chi connectivity index (χ3v) is 2.73. The summed E-state index contributed by atoms with van der Waals surface area (Å²) in [6.07, 6.45) is 0. The number of ketones is 1. The van der Waals surface area contributed by atoms with Gasteiger partial charge < -0.3 is 0 Å². The van der Waals surface area contributed by atoms with E-state index < -0.39 is 4.92 Å². The van der Waals surface area contributed by atoms with E-state index >= 15 is 0 Å². The predicted octanol–water partition coefficient (Wildman–Crippen LogP) is 2.71. The van der Waals surface area contributed by atoms with Gasteiger partial charge in [-0.15, -0.1) is 0 Å². The summed E-state index contributed by atoms with van der Waals surface area (Å²) in [6.45, 7) is 3.14. The minimum atomic E-state index is -0.446. The molecule has 0 saturated heterocycles. The maximum atomic E-state index is 11.1. The molecule has 0 spiro atoms. The number of carbonyl (C=O) groups is 1. The van der Waals surface area contributed by atoms with Crippen molar-refractivity contribution in [3.8, 4) is 0 Å². The number of nitro benzene ring substituents is 1. The molecule has 74 valence electrons. The van der Waals surface area contributed by atoms with Crippen LogP contribution < -0.4 is 0 Å². The quantitative estimate of drug-likeness (QED) is 0.365. The van der Waals surface area contributed by atoms with Gasteiger partial charge in [-0.2, -0.15) is 0 Å². The van der Waals surface area contributed by atoms with E-state index in [-0.39, 0.29) is 11.5 Å². The highest BCUT2D eigenvalue weighted by molar-refractivity contribution is 14.1. The second-order valence-electron chi connectivity index (χ2n) is 2.93. The minimum absolute atomic E-state index is 0.0492. The van der Waals surface area contributed by atoms with Gasteiger partial charge in [0.1, 0.15) is 0 Å². The first-order chi connectivity index (χ1) is 6.43. The Bertz CT molecular complexity index is 375. The number of Topliss-reactive ketones (excluding diaryl/α,β-unsaturated/α-hetero) is 1. The molecule has 0 atom stereocenters. The molecule has 0 fully saturated rings. The average molecular weight is 305 g/mol. The number of rotatable bonds is 2. The normalized spacial score (nSPS) is 9.93. The highest BCUT2D eigenvalue weighted by Crippen LogP contribution is 2.24. The van der Waals surface area contributed by atoms with Gasteiger partial charge in [0.25, 0.3) is 5.69 Å². The topological polar surface area (TPSA) is 60.2 Å². The van der Waals surface area contributed by atoms with Crippen molar-refractivity contribution < 1.29 is 9.72 Å². The van der Waals surface area contributed by atoms with Crippen molar-refractivity contribution in [2.75, 3.05) is 0 Å². The molecule has 0 unspecified atom stereocenters. The van der Waals surface area contributed by atoms with Gasteiger partial charge in [-0.05, 0) is 48.1 Å². The molecule has 1 rings (SSSR count). The summed E-state index contributed by atoms with van der Waals surface area (Å²) in [6, 6.07) is 2.98. The van der Waals surface area contributed by atoms with Gasteiger partial charge in [0.05, 0.1) is 8.49 Å². The fraction of sp³-hybridized carbons (Fsp3) is 0.222. The Morgan fingerprint density at radius 1 is 1.50 bits per heavy atom. The highest BCUT2D eigenvalue weighted by atomic mass is 127. The minimum Gasteiger partial charge on any atom is -0.295 e. The highest BCUT2D eigenvalue weighted by Gasteiger charge is 2.15. The van der Waals surface area contributed by atoms with Crippen LogP contribution >= 0.6 is 22.6 Å². The van der Waals surface area contributed by atoms with Crippen LogP contribution in [0.4, 0.5) is 5.69 Å². The van der Waals surface area contributed by atoms with Crippen molar-refractivity contribution in [2.45, 2.75) is 13.8 Å². The van der Waals surface area contributed by atoms with Crippen LogP contribution in [0.25, 0.3) is 0 Å². The molecular weight excluding hydrogens is 297 g/mol. The number of aryl methyl sites for hydroxylation is 1. The van der Waals surface area contributed by atoms with Crippen LogP contribution in [0.1, 0.15) is 22.8 Å². The van der Waals surface area contributed by atoms with Crippen molar-refractivity contribution in [2.24, 2.45) is 0 Å². The molecule has 1 aromatic carbocycles. The summed E-state index contributed by atoms with van der Waals surface area (Å²) in [5.74, 6) is -0.0738. The summed E-state index contributed by atoms with van der Waals surface area (Å²) < 4.78 is 0.489. The number of hydrogen-bond donors (Lipinski definition) is 0. The van der Waals surface area contributed by atoms with Crippen molar-refractivity contribution in [1.29, 1.82) is 0 Å². The van der Waals surface area contributed by atoms with Gasteiger partial charge in [-0.25, -0.2) is 0 Å². The standard InChI is InChI=1S/C9H8INO3/c1-5-3-9(11(13)14)8(10)4-7(5)6(2)12/h3-4H,1-2H3. The summed E-state index contributed by atoms with van der Waals surface area (Å²) >= 11 is 1.86. The number of benzene rings is 1. The van der Waals surface area contributed by atoms with Crippen molar-refractivity contribution in [3.05, 3.63) is 36.9 Å². The van der Waals surface area contributed by atoms with E-state index in [1.807, 2.05) is 22.6 Å². The fourth-order valence-corrected chi connectivity index (χ4v) is 1.85. The van der Waals surface area contributed by atoms with Gasteiger partial charge in [-0.3, -0.25) is 14.9 Å². The van der Waals surface area contributed by atoms with E-state index in [2.05, 4.69) is 0 Å². The Labute approximate surface area is 94.6 Å².